The number of benzene rings is 1. The Morgan fingerprint density at radius 2 is 2.00 bits per heavy atom. The summed E-state index contributed by atoms with van der Waals surface area (Å²) in [7, 11) is 5.09. The Bertz CT molecular complexity index is 621. The van der Waals surface area contributed by atoms with Crippen LogP contribution in [0, 0.1) is 5.92 Å². The molecule has 1 aliphatic heterocycles. The van der Waals surface area contributed by atoms with Gasteiger partial charge in [-0.3, -0.25) is 9.59 Å². The normalized spacial score (nSPS) is 16.7. The first-order chi connectivity index (χ1) is 12.6. The van der Waals surface area contributed by atoms with E-state index in [4.69, 9.17) is 9.47 Å². The van der Waals surface area contributed by atoms with Crippen LogP contribution >= 0.6 is 0 Å². The van der Waals surface area contributed by atoms with Gasteiger partial charge in [0, 0.05) is 26.1 Å². The molecule has 7 heteroatoms. The Labute approximate surface area is 155 Å². The Morgan fingerprint density at radius 3 is 2.69 bits per heavy atom. The summed E-state index contributed by atoms with van der Waals surface area (Å²) >= 11 is 0. The topological polar surface area (TPSA) is 79.9 Å². The highest BCUT2D eigenvalue weighted by Crippen LogP contribution is 2.28. The van der Waals surface area contributed by atoms with Crippen LogP contribution in [0.5, 0.6) is 11.5 Å². The fraction of sp³-hybridized carbons (Fsp3) is 0.579. The Hall–Kier alpha value is -2.28. The maximum Gasteiger partial charge on any atom is 0.225 e. The van der Waals surface area contributed by atoms with Gasteiger partial charge < -0.3 is 25.0 Å². The summed E-state index contributed by atoms with van der Waals surface area (Å²) in [5, 5.41) is 5.96. The van der Waals surface area contributed by atoms with Gasteiger partial charge in [0.1, 0.15) is 0 Å². The average molecular weight is 363 g/mol. The molecule has 1 heterocycles. The first-order valence-electron chi connectivity index (χ1n) is 9.00. The summed E-state index contributed by atoms with van der Waals surface area (Å²) in [6.45, 7) is 2.58. The number of rotatable bonds is 10. The molecule has 1 saturated heterocycles. The van der Waals surface area contributed by atoms with Gasteiger partial charge in [0.25, 0.3) is 0 Å². The quantitative estimate of drug-likeness (QED) is 0.602. The van der Waals surface area contributed by atoms with Gasteiger partial charge in [-0.15, -0.1) is 0 Å². The zero-order valence-corrected chi connectivity index (χ0v) is 15.8. The van der Waals surface area contributed by atoms with Crippen molar-refractivity contribution >= 4 is 11.8 Å². The molecule has 2 amide bonds. The standard InChI is InChI=1S/C19H29N3O4/c1-20-8-4-9-21-19(24)15-12-18(23)22(13-15)10-7-14-5-6-16(25-2)17(11-14)26-3/h5-6,11,15,20H,4,7-10,12-13H2,1-3H3,(H,21,24). The van der Waals surface area contributed by atoms with Gasteiger partial charge in [0.2, 0.25) is 11.8 Å². The number of methoxy groups -OCH3 is 2. The molecule has 1 aromatic rings. The van der Waals surface area contributed by atoms with Gasteiger partial charge in [-0.25, -0.2) is 0 Å². The zero-order valence-electron chi connectivity index (χ0n) is 15.8. The molecule has 1 atom stereocenters. The van der Waals surface area contributed by atoms with Crippen LogP contribution in [0.15, 0.2) is 18.2 Å². The van der Waals surface area contributed by atoms with E-state index in [1.807, 2.05) is 25.2 Å². The summed E-state index contributed by atoms with van der Waals surface area (Å²) in [5.41, 5.74) is 1.07. The second-order valence-corrected chi connectivity index (χ2v) is 6.43. The first-order valence-corrected chi connectivity index (χ1v) is 9.00. The molecule has 1 unspecified atom stereocenters. The van der Waals surface area contributed by atoms with Crippen LogP contribution in [0.1, 0.15) is 18.4 Å². The minimum Gasteiger partial charge on any atom is -0.493 e. The molecule has 2 rings (SSSR count). The predicted molar refractivity (Wildman–Crippen MR) is 99.5 cm³/mol. The Balaban J connectivity index is 1.83. The third-order valence-corrected chi connectivity index (χ3v) is 4.61. The van der Waals surface area contributed by atoms with Crippen LogP contribution in [0.3, 0.4) is 0 Å². The molecule has 0 spiro atoms. The SMILES string of the molecule is CNCCCNC(=O)C1CC(=O)N(CCc2ccc(OC)c(OC)c2)C1. The molecule has 144 valence electrons. The molecule has 0 radical (unpaired) electrons. The molecule has 7 nitrogen and oxygen atoms in total. The van der Waals surface area contributed by atoms with Crippen molar-refractivity contribution in [1.29, 1.82) is 0 Å². The molecule has 2 N–H and O–H groups in total. The van der Waals surface area contributed by atoms with Gasteiger partial charge in [0.05, 0.1) is 20.1 Å². The van der Waals surface area contributed by atoms with Crippen molar-refractivity contribution in [2.45, 2.75) is 19.3 Å². The molecule has 26 heavy (non-hydrogen) atoms. The van der Waals surface area contributed by atoms with Crippen molar-refractivity contribution in [3.63, 3.8) is 0 Å². The van der Waals surface area contributed by atoms with E-state index in [2.05, 4.69) is 10.6 Å². The lowest BCUT2D eigenvalue weighted by Crippen LogP contribution is -2.34. The van der Waals surface area contributed by atoms with Crippen molar-refractivity contribution in [1.82, 2.24) is 15.5 Å². The summed E-state index contributed by atoms with van der Waals surface area (Å²) in [6, 6.07) is 5.75. The number of likely N-dealkylation sites (tertiary alicyclic amines) is 1. The van der Waals surface area contributed by atoms with Crippen LogP contribution in [0.25, 0.3) is 0 Å². The van der Waals surface area contributed by atoms with Crippen molar-refractivity contribution in [2.75, 3.05) is 47.4 Å². The van der Waals surface area contributed by atoms with Crippen LogP contribution < -0.4 is 20.1 Å². The molecule has 1 aliphatic rings. The van der Waals surface area contributed by atoms with E-state index in [0.29, 0.717) is 44.0 Å². The third kappa shape index (κ3) is 5.36. The second-order valence-electron chi connectivity index (χ2n) is 6.43. The van der Waals surface area contributed by atoms with E-state index in [1.54, 1.807) is 19.1 Å². The van der Waals surface area contributed by atoms with Crippen molar-refractivity contribution in [2.24, 2.45) is 5.92 Å². The fourth-order valence-corrected chi connectivity index (χ4v) is 3.09. The molecule has 0 saturated carbocycles. The molecule has 1 aromatic carbocycles. The average Bonchev–Trinajstić information content (AvgIpc) is 3.04. The third-order valence-electron chi connectivity index (χ3n) is 4.61. The number of carbonyl (C=O) groups excluding carboxylic acids is 2. The highest BCUT2D eigenvalue weighted by Gasteiger charge is 2.33. The van der Waals surface area contributed by atoms with E-state index in [-0.39, 0.29) is 17.7 Å². The monoisotopic (exact) mass is 363 g/mol. The second kappa shape index (κ2) is 10.0. The highest BCUT2D eigenvalue weighted by molar-refractivity contribution is 5.89. The zero-order chi connectivity index (χ0) is 18.9. The number of hydrogen-bond acceptors (Lipinski definition) is 5. The summed E-state index contributed by atoms with van der Waals surface area (Å²) in [5.74, 6) is 1.13. The maximum absolute atomic E-state index is 12.2. The maximum atomic E-state index is 12.2. The van der Waals surface area contributed by atoms with Crippen LogP contribution in [-0.4, -0.2) is 64.2 Å². The Kier molecular flexibility index (Phi) is 7.72. The lowest BCUT2D eigenvalue weighted by atomic mass is 10.1. The molecule has 0 aromatic heterocycles. The number of ether oxygens (including phenoxy) is 2. The number of nitrogens with zero attached hydrogens (tertiary/aromatic N) is 1. The highest BCUT2D eigenvalue weighted by atomic mass is 16.5. The number of amides is 2. The minimum absolute atomic E-state index is 0.0249. The van der Waals surface area contributed by atoms with Gasteiger partial charge >= 0.3 is 0 Å². The molecule has 0 bridgehead atoms. The smallest absolute Gasteiger partial charge is 0.225 e. The predicted octanol–water partition coefficient (Wildman–Crippen LogP) is 0.821. The van der Waals surface area contributed by atoms with Crippen molar-refractivity contribution in [3.05, 3.63) is 23.8 Å². The summed E-state index contributed by atoms with van der Waals surface area (Å²) < 4.78 is 10.5. The fourth-order valence-electron chi connectivity index (χ4n) is 3.09. The van der Waals surface area contributed by atoms with E-state index in [0.717, 1.165) is 18.5 Å². The van der Waals surface area contributed by atoms with E-state index >= 15 is 0 Å². The molecule has 1 fully saturated rings. The van der Waals surface area contributed by atoms with E-state index in [9.17, 15) is 9.59 Å². The van der Waals surface area contributed by atoms with Crippen LogP contribution in [0.2, 0.25) is 0 Å². The summed E-state index contributed by atoms with van der Waals surface area (Å²) in [4.78, 5) is 26.2. The summed E-state index contributed by atoms with van der Waals surface area (Å²) in [6.07, 6.45) is 1.89. The van der Waals surface area contributed by atoms with Gasteiger partial charge in [-0.2, -0.15) is 0 Å². The number of nitrogens with one attached hydrogen (secondary N) is 2. The van der Waals surface area contributed by atoms with Gasteiger partial charge in [-0.1, -0.05) is 6.07 Å². The van der Waals surface area contributed by atoms with Crippen molar-refractivity contribution in [3.8, 4) is 11.5 Å². The lowest BCUT2D eigenvalue weighted by Gasteiger charge is -2.17. The van der Waals surface area contributed by atoms with Crippen LogP contribution in [-0.2, 0) is 16.0 Å². The van der Waals surface area contributed by atoms with Crippen LogP contribution in [0.4, 0.5) is 0 Å². The molecular formula is C19H29N3O4. The van der Waals surface area contributed by atoms with Gasteiger partial charge in [-0.05, 0) is 44.1 Å². The lowest BCUT2D eigenvalue weighted by molar-refractivity contribution is -0.129. The van der Waals surface area contributed by atoms with Gasteiger partial charge in [0.15, 0.2) is 11.5 Å². The first kappa shape index (κ1) is 20.0. The molecule has 0 aliphatic carbocycles. The minimum atomic E-state index is -0.248. The molecular weight excluding hydrogens is 334 g/mol. The Morgan fingerprint density at radius 1 is 1.23 bits per heavy atom. The number of hydrogen-bond donors (Lipinski definition) is 2. The van der Waals surface area contributed by atoms with Crippen molar-refractivity contribution < 1.29 is 19.1 Å². The number of carbonyl (C=O) groups is 2. The largest absolute Gasteiger partial charge is 0.493 e. The van der Waals surface area contributed by atoms with E-state index < -0.39 is 0 Å². The van der Waals surface area contributed by atoms with E-state index in [1.165, 1.54) is 0 Å².